The summed E-state index contributed by atoms with van der Waals surface area (Å²) in [4.78, 5) is 43.4. The van der Waals surface area contributed by atoms with Gasteiger partial charge in [0.25, 0.3) is 5.56 Å². The van der Waals surface area contributed by atoms with E-state index in [1.807, 2.05) is 43.3 Å². The molecule has 0 unspecified atom stereocenters. The number of carbonyl (C=O) groups excluding carboxylic acids is 2. The van der Waals surface area contributed by atoms with E-state index in [1.165, 1.54) is 23.9 Å². The van der Waals surface area contributed by atoms with Crippen LogP contribution in [-0.4, -0.2) is 50.1 Å². The van der Waals surface area contributed by atoms with Crippen molar-refractivity contribution >= 4 is 17.5 Å². The molecule has 1 aliphatic rings. The van der Waals surface area contributed by atoms with Crippen LogP contribution in [0.1, 0.15) is 44.6 Å². The monoisotopic (exact) mass is 488 g/mol. The van der Waals surface area contributed by atoms with E-state index >= 15 is 0 Å². The van der Waals surface area contributed by atoms with E-state index in [4.69, 9.17) is 0 Å². The summed E-state index contributed by atoms with van der Waals surface area (Å²) in [5.74, 6) is -0.00904. The lowest BCUT2D eigenvalue weighted by molar-refractivity contribution is -0.136. The van der Waals surface area contributed by atoms with E-state index in [0.717, 1.165) is 5.56 Å². The van der Waals surface area contributed by atoms with Crippen LogP contribution in [0.25, 0.3) is 11.3 Å². The first-order valence-electron chi connectivity index (χ1n) is 12.2. The number of hydrogen-bond donors (Lipinski definition) is 2. The summed E-state index contributed by atoms with van der Waals surface area (Å²) >= 11 is 0. The Kier molecular flexibility index (Phi) is 7.64. The lowest BCUT2D eigenvalue weighted by Gasteiger charge is -2.38. The van der Waals surface area contributed by atoms with E-state index in [2.05, 4.69) is 10.3 Å². The number of nitrogens with one attached hydrogen (secondary N) is 1. The Hall–Kier alpha value is -3.78. The Labute approximate surface area is 210 Å². The minimum atomic E-state index is -1.09. The normalized spacial score (nSPS) is 15.8. The third-order valence-electron chi connectivity index (χ3n) is 6.75. The molecule has 0 spiro atoms. The molecule has 1 atom stereocenters. The highest BCUT2D eigenvalue weighted by Crippen LogP contribution is 2.28. The van der Waals surface area contributed by atoms with Crippen molar-refractivity contribution in [2.24, 2.45) is 0 Å². The summed E-state index contributed by atoms with van der Waals surface area (Å²) in [5.41, 5.74) is 1.42. The van der Waals surface area contributed by atoms with Gasteiger partial charge in [0.1, 0.15) is 0 Å². The number of aromatic nitrogens is 2. The van der Waals surface area contributed by atoms with Gasteiger partial charge in [0.15, 0.2) is 0 Å². The number of likely N-dealkylation sites (tertiary alicyclic amines) is 1. The third kappa shape index (κ3) is 6.07. The van der Waals surface area contributed by atoms with Gasteiger partial charge in [0.05, 0.1) is 29.9 Å². The van der Waals surface area contributed by atoms with E-state index in [1.54, 1.807) is 23.1 Å². The Morgan fingerprint density at radius 3 is 2.42 bits per heavy atom. The van der Waals surface area contributed by atoms with E-state index in [-0.39, 0.29) is 29.8 Å². The molecule has 2 aromatic carbocycles. The molecule has 1 aliphatic heterocycles. The number of carbonyl (C=O) groups is 2. The molecule has 4 rings (SSSR count). The summed E-state index contributed by atoms with van der Waals surface area (Å²) in [6, 6.07) is 18.5. The second kappa shape index (κ2) is 10.9. The number of nitrogens with zero attached hydrogens (tertiary/aromatic N) is 3. The summed E-state index contributed by atoms with van der Waals surface area (Å²) in [7, 11) is 0. The van der Waals surface area contributed by atoms with E-state index in [9.17, 15) is 19.5 Å². The molecule has 8 nitrogen and oxygen atoms in total. The highest BCUT2D eigenvalue weighted by Gasteiger charge is 2.35. The van der Waals surface area contributed by atoms with Gasteiger partial charge in [0, 0.05) is 38.1 Å². The fraction of sp³-hybridized carbons (Fsp3) is 0.357. The van der Waals surface area contributed by atoms with Crippen LogP contribution in [0, 0.1) is 0 Å². The van der Waals surface area contributed by atoms with Crippen LogP contribution < -0.4 is 10.9 Å². The predicted molar refractivity (Wildman–Crippen MR) is 138 cm³/mol. The molecule has 0 bridgehead atoms. The Bertz CT molecular complexity index is 1280. The van der Waals surface area contributed by atoms with Crippen molar-refractivity contribution in [2.75, 3.05) is 18.4 Å². The minimum Gasteiger partial charge on any atom is -0.388 e. The molecule has 1 fully saturated rings. The van der Waals surface area contributed by atoms with Crippen LogP contribution in [0.5, 0.6) is 0 Å². The number of aliphatic hydroxyl groups is 1. The van der Waals surface area contributed by atoms with Gasteiger partial charge >= 0.3 is 0 Å². The van der Waals surface area contributed by atoms with Gasteiger partial charge in [-0.3, -0.25) is 19.0 Å². The van der Waals surface area contributed by atoms with Crippen molar-refractivity contribution in [3.63, 3.8) is 0 Å². The topological polar surface area (TPSA) is 105 Å². The first-order chi connectivity index (χ1) is 17.2. The molecule has 0 radical (unpaired) electrons. The standard InChI is InChI=1S/C28H32N4O4/c1-20(22-8-4-3-5-9-22)16-26(34)31-14-12-28(36,13-15-31)18-32-19-29-25(17-27(32)35)23-10-6-7-11-24(23)30-21(2)33/h3-11,17,19-20,36H,12-16,18H2,1-2H3,(H,30,33)/t20-/m1/s1. The fourth-order valence-electron chi connectivity index (χ4n) is 4.64. The molecule has 2 N–H and O–H groups in total. The van der Waals surface area contributed by atoms with Crippen molar-refractivity contribution in [1.82, 2.24) is 14.5 Å². The van der Waals surface area contributed by atoms with Crippen molar-refractivity contribution < 1.29 is 14.7 Å². The molecule has 1 aromatic heterocycles. The number of amides is 2. The van der Waals surface area contributed by atoms with Crippen molar-refractivity contribution in [1.29, 1.82) is 0 Å². The second-order valence-corrected chi connectivity index (χ2v) is 9.59. The number of hydrogen-bond acceptors (Lipinski definition) is 5. The molecule has 188 valence electrons. The third-order valence-corrected chi connectivity index (χ3v) is 6.75. The van der Waals surface area contributed by atoms with Gasteiger partial charge in [0.2, 0.25) is 11.8 Å². The van der Waals surface area contributed by atoms with Gasteiger partial charge in [-0.15, -0.1) is 0 Å². The van der Waals surface area contributed by atoms with E-state index in [0.29, 0.717) is 49.3 Å². The average Bonchev–Trinajstić information content (AvgIpc) is 2.86. The number of rotatable bonds is 7. The fourth-order valence-corrected chi connectivity index (χ4v) is 4.64. The average molecular weight is 489 g/mol. The molecule has 1 saturated heterocycles. The Balaban J connectivity index is 1.38. The summed E-state index contributed by atoms with van der Waals surface area (Å²) in [6.45, 7) is 4.47. The van der Waals surface area contributed by atoms with Crippen LogP contribution in [0.2, 0.25) is 0 Å². The largest absolute Gasteiger partial charge is 0.388 e. The molecular weight excluding hydrogens is 456 g/mol. The zero-order valence-corrected chi connectivity index (χ0v) is 20.7. The van der Waals surface area contributed by atoms with E-state index < -0.39 is 5.60 Å². The minimum absolute atomic E-state index is 0.0782. The smallest absolute Gasteiger partial charge is 0.253 e. The van der Waals surface area contributed by atoms with Crippen LogP contribution >= 0.6 is 0 Å². The van der Waals surface area contributed by atoms with Crippen molar-refractivity contribution in [3.8, 4) is 11.3 Å². The van der Waals surface area contributed by atoms with Gasteiger partial charge in [-0.2, -0.15) is 0 Å². The zero-order valence-electron chi connectivity index (χ0n) is 20.7. The number of piperidine rings is 1. The Morgan fingerprint density at radius 1 is 1.08 bits per heavy atom. The maximum atomic E-state index is 12.9. The first-order valence-corrected chi connectivity index (χ1v) is 12.2. The molecule has 3 aromatic rings. The van der Waals surface area contributed by atoms with Crippen LogP contribution in [-0.2, 0) is 16.1 Å². The SMILES string of the molecule is CC(=O)Nc1ccccc1-c1cc(=O)n(CC2(O)CCN(C(=O)C[C@@H](C)c3ccccc3)CC2)cn1. The first kappa shape index (κ1) is 25.3. The van der Waals surface area contributed by atoms with Crippen LogP contribution in [0.3, 0.4) is 0 Å². The molecule has 2 heterocycles. The maximum Gasteiger partial charge on any atom is 0.253 e. The predicted octanol–water partition coefficient (Wildman–Crippen LogP) is 3.42. The van der Waals surface area contributed by atoms with Gasteiger partial charge < -0.3 is 15.3 Å². The number of anilines is 1. The zero-order chi connectivity index (χ0) is 25.7. The number of benzene rings is 2. The van der Waals surface area contributed by atoms with Gasteiger partial charge in [-0.1, -0.05) is 55.5 Å². The van der Waals surface area contributed by atoms with Crippen LogP contribution in [0.4, 0.5) is 5.69 Å². The molecule has 0 aliphatic carbocycles. The highest BCUT2D eigenvalue weighted by molar-refractivity contribution is 5.93. The van der Waals surface area contributed by atoms with Gasteiger partial charge in [-0.25, -0.2) is 4.98 Å². The quantitative estimate of drug-likeness (QED) is 0.530. The lowest BCUT2D eigenvalue weighted by Crippen LogP contribution is -2.49. The van der Waals surface area contributed by atoms with Crippen LogP contribution in [0.15, 0.2) is 71.8 Å². The second-order valence-electron chi connectivity index (χ2n) is 9.59. The van der Waals surface area contributed by atoms with Crippen molar-refractivity contribution in [2.45, 2.75) is 51.2 Å². The highest BCUT2D eigenvalue weighted by atomic mass is 16.3. The molecule has 0 saturated carbocycles. The maximum absolute atomic E-state index is 12.9. The van der Waals surface area contributed by atoms with Crippen molar-refractivity contribution in [3.05, 3.63) is 82.9 Å². The summed E-state index contributed by atoms with van der Waals surface area (Å²) < 4.78 is 1.40. The molecular formula is C28H32N4O4. The van der Waals surface area contributed by atoms with Gasteiger partial charge in [-0.05, 0) is 30.4 Å². The molecule has 36 heavy (non-hydrogen) atoms. The Morgan fingerprint density at radius 2 is 1.75 bits per heavy atom. The number of para-hydroxylation sites is 1. The summed E-state index contributed by atoms with van der Waals surface area (Å²) in [5, 5.41) is 13.9. The summed E-state index contributed by atoms with van der Waals surface area (Å²) in [6.07, 6.45) is 2.63. The molecule has 2 amide bonds. The molecule has 8 heteroatoms. The lowest BCUT2D eigenvalue weighted by atomic mass is 9.90.